The van der Waals surface area contributed by atoms with E-state index in [9.17, 15) is 0 Å². The molecule has 1 saturated carbocycles. The van der Waals surface area contributed by atoms with Crippen LogP contribution in [0.2, 0.25) is 0 Å². The normalized spacial score (nSPS) is 17.9. The lowest BCUT2D eigenvalue weighted by Gasteiger charge is -2.38. The molecule has 2 rings (SSSR count). The van der Waals surface area contributed by atoms with E-state index in [0.29, 0.717) is 5.41 Å². The van der Waals surface area contributed by atoms with E-state index >= 15 is 0 Å². The van der Waals surface area contributed by atoms with Gasteiger partial charge in [-0.3, -0.25) is 0 Å². The van der Waals surface area contributed by atoms with Gasteiger partial charge in [0.1, 0.15) is 0 Å². The molecule has 1 fully saturated rings. The van der Waals surface area contributed by atoms with Crippen molar-refractivity contribution in [3.05, 3.63) is 34.9 Å². The van der Waals surface area contributed by atoms with Gasteiger partial charge in [0.2, 0.25) is 0 Å². The molecule has 1 N–H and O–H groups in total. The number of hydrogen-bond acceptors (Lipinski definition) is 2. The van der Waals surface area contributed by atoms with Gasteiger partial charge in [-0.1, -0.05) is 37.5 Å². The van der Waals surface area contributed by atoms with E-state index in [0.717, 1.165) is 19.7 Å². The maximum atomic E-state index is 5.16. The standard InChI is InChI=1S/C19H31NO/c1-16-8-7-9-17(2)18(16)14-19(10-5-4-6-11-19)15-20-12-13-21-3/h7-9,20H,4-6,10-15H2,1-3H3. The van der Waals surface area contributed by atoms with Crippen LogP contribution in [0.5, 0.6) is 0 Å². The topological polar surface area (TPSA) is 21.3 Å². The van der Waals surface area contributed by atoms with Crippen LogP contribution < -0.4 is 5.32 Å². The zero-order valence-corrected chi connectivity index (χ0v) is 14.0. The number of hydrogen-bond donors (Lipinski definition) is 1. The summed E-state index contributed by atoms with van der Waals surface area (Å²) < 4.78 is 5.16. The summed E-state index contributed by atoms with van der Waals surface area (Å²) >= 11 is 0. The number of ether oxygens (including phenoxy) is 1. The van der Waals surface area contributed by atoms with Crippen molar-refractivity contribution in [1.29, 1.82) is 0 Å². The van der Waals surface area contributed by atoms with Crippen molar-refractivity contribution in [3.8, 4) is 0 Å². The molecule has 1 aliphatic carbocycles. The molecule has 118 valence electrons. The van der Waals surface area contributed by atoms with E-state index in [-0.39, 0.29) is 0 Å². The van der Waals surface area contributed by atoms with E-state index < -0.39 is 0 Å². The van der Waals surface area contributed by atoms with Gasteiger partial charge in [0.15, 0.2) is 0 Å². The number of aryl methyl sites for hydroxylation is 2. The van der Waals surface area contributed by atoms with Crippen LogP contribution in [0.4, 0.5) is 0 Å². The Hall–Kier alpha value is -0.860. The molecule has 0 radical (unpaired) electrons. The highest BCUT2D eigenvalue weighted by atomic mass is 16.5. The summed E-state index contributed by atoms with van der Waals surface area (Å²) in [7, 11) is 1.77. The second-order valence-electron chi connectivity index (χ2n) is 6.78. The molecule has 2 heteroatoms. The first-order valence-electron chi connectivity index (χ1n) is 8.42. The SMILES string of the molecule is COCCNCC1(Cc2c(C)cccc2C)CCCCC1. The molecule has 0 bridgehead atoms. The van der Waals surface area contributed by atoms with Crippen molar-refractivity contribution in [3.63, 3.8) is 0 Å². The lowest BCUT2D eigenvalue weighted by molar-refractivity contribution is 0.162. The Labute approximate surface area is 130 Å². The van der Waals surface area contributed by atoms with Crippen molar-refractivity contribution in [1.82, 2.24) is 5.32 Å². The summed E-state index contributed by atoms with van der Waals surface area (Å²) in [5.41, 5.74) is 4.93. The summed E-state index contributed by atoms with van der Waals surface area (Å²) in [4.78, 5) is 0. The Balaban J connectivity index is 2.08. The highest BCUT2D eigenvalue weighted by Crippen LogP contribution is 2.39. The minimum Gasteiger partial charge on any atom is -0.383 e. The Morgan fingerprint density at radius 1 is 1.10 bits per heavy atom. The average molecular weight is 289 g/mol. The highest BCUT2D eigenvalue weighted by molar-refractivity contribution is 5.34. The van der Waals surface area contributed by atoms with Gasteiger partial charge in [-0.15, -0.1) is 0 Å². The van der Waals surface area contributed by atoms with E-state index in [4.69, 9.17) is 4.74 Å². The number of benzene rings is 1. The van der Waals surface area contributed by atoms with Gasteiger partial charge in [0.05, 0.1) is 6.61 Å². The third-order valence-electron chi connectivity index (χ3n) is 5.09. The van der Waals surface area contributed by atoms with Gasteiger partial charge in [-0.2, -0.15) is 0 Å². The Kier molecular flexibility index (Phi) is 6.25. The largest absolute Gasteiger partial charge is 0.383 e. The highest BCUT2D eigenvalue weighted by Gasteiger charge is 2.32. The van der Waals surface area contributed by atoms with Gasteiger partial charge in [0, 0.05) is 20.2 Å². The van der Waals surface area contributed by atoms with Gasteiger partial charge in [0.25, 0.3) is 0 Å². The van der Waals surface area contributed by atoms with Crippen LogP contribution >= 0.6 is 0 Å². The molecular weight excluding hydrogens is 258 g/mol. The molecule has 1 aromatic carbocycles. The van der Waals surface area contributed by atoms with Crippen molar-refractivity contribution in [2.45, 2.75) is 52.4 Å². The van der Waals surface area contributed by atoms with Gasteiger partial charge < -0.3 is 10.1 Å². The van der Waals surface area contributed by atoms with E-state index in [2.05, 4.69) is 37.4 Å². The predicted octanol–water partition coefficient (Wildman–Crippen LogP) is 4.03. The Bertz CT molecular complexity index is 415. The molecule has 1 aromatic rings. The first-order chi connectivity index (χ1) is 10.2. The first kappa shape index (κ1) is 16.5. The van der Waals surface area contributed by atoms with E-state index in [1.807, 2.05) is 0 Å². The molecule has 0 unspecified atom stereocenters. The lowest BCUT2D eigenvalue weighted by Crippen LogP contribution is -2.39. The third kappa shape index (κ3) is 4.55. The molecule has 1 aliphatic rings. The summed E-state index contributed by atoms with van der Waals surface area (Å²) in [5, 5.41) is 3.63. The van der Waals surface area contributed by atoms with Gasteiger partial charge in [-0.25, -0.2) is 0 Å². The van der Waals surface area contributed by atoms with Crippen molar-refractivity contribution in [2.24, 2.45) is 5.41 Å². The van der Waals surface area contributed by atoms with Gasteiger partial charge in [-0.05, 0) is 55.2 Å². The number of nitrogens with one attached hydrogen (secondary N) is 1. The zero-order chi connectivity index (χ0) is 15.1. The quantitative estimate of drug-likeness (QED) is 0.765. The monoisotopic (exact) mass is 289 g/mol. The van der Waals surface area contributed by atoms with Crippen LogP contribution in [0.15, 0.2) is 18.2 Å². The lowest BCUT2D eigenvalue weighted by atomic mass is 9.69. The summed E-state index contributed by atoms with van der Waals surface area (Å²) in [6, 6.07) is 6.70. The second kappa shape index (κ2) is 7.95. The van der Waals surface area contributed by atoms with Crippen LogP contribution in [-0.2, 0) is 11.2 Å². The zero-order valence-electron chi connectivity index (χ0n) is 14.0. The molecule has 0 heterocycles. The maximum Gasteiger partial charge on any atom is 0.0587 e. The van der Waals surface area contributed by atoms with Crippen molar-refractivity contribution >= 4 is 0 Å². The number of methoxy groups -OCH3 is 1. The fourth-order valence-corrected chi connectivity index (χ4v) is 3.75. The second-order valence-corrected chi connectivity index (χ2v) is 6.78. The molecule has 0 saturated heterocycles. The van der Waals surface area contributed by atoms with Crippen LogP contribution in [0.25, 0.3) is 0 Å². The van der Waals surface area contributed by atoms with E-state index in [1.54, 1.807) is 12.7 Å². The third-order valence-corrected chi connectivity index (χ3v) is 5.09. The smallest absolute Gasteiger partial charge is 0.0587 e. The molecule has 0 atom stereocenters. The van der Waals surface area contributed by atoms with Crippen LogP contribution in [0.1, 0.15) is 48.8 Å². The molecular formula is C19H31NO. The average Bonchev–Trinajstić information content (AvgIpc) is 2.49. The summed E-state index contributed by atoms with van der Waals surface area (Å²) in [6.07, 6.45) is 8.13. The fraction of sp³-hybridized carbons (Fsp3) is 0.684. The molecule has 0 aliphatic heterocycles. The minimum atomic E-state index is 0.447. The van der Waals surface area contributed by atoms with Crippen molar-refractivity contribution in [2.75, 3.05) is 26.8 Å². The fourth-order valence-electron chi connectivity index (χ4n) is 3.75. The molecule has 0 amide bonds. The Morgan fingerprint density at radius 3 is 2.38 bits per heavy atom. The molecule has 21 heavy (non-hydrogen) atoms. The predicted molar refractivity (Wildman–Crippen MR) is 89.9 cm³/mol. The maximum absolute atomic E-state index is 5.16. The van der Waals surface area contributed by atoms with Crippen LogP contribution in [-0.4, -0.2) is 26.8 Å². The Morgan fingerprint density at radius 2 is 1.76 bits per heavy atom. The van der Waals surface area contributed by atoms with Crippen molar-refractivity contribution < 1.29 is 4.74 Å². The van der Waals surface area contributed by atoms with Gasteiger partial charge >= 0.3 is 0 Å². The van der Waals surface area contributed by atoms with Crippen LogP contribution in [0, 0.1) is 19.3 Å². The summed E-state index contributed by atoms with van der Waals surface area (Å²) in [6.45, 7) is 7.42. The molecule has 0 aromatic heterocycles. The van der Waals surface area contributed by atoms with Crippen LogP contribution in [0.3, 0.4) is 0 Å². The minimum absolute atomic E-state index is 0.447. The van der Waals surface area contributed by atoms with E-state index in [1.165, 1.54) is 49.7 Å². The molecule has 2 nitrogen and oxygen atoms in total. The summed E-state index contributed by atoms with van der Waals surface area (Å²) in [5.74, 6) is 0. The molecule has 0 spiro atoms. The first-order valence-corrected chi connectivity index (χ1v) is 8.42. The number of rotatable bonds is 7.